The SMILES string of the molecule is c1ccc(-c2cccc3c2sc2c(-c4cc5c6ccc(N(c7ccccc7)c7ccccc7)cc6sc5c5ccccc45)cccc23)cc1. The van der Waals surface area contributed by atoms with Crippen molar-refractivity contribution in [1.82, 2.24) is 0 Å². The van der Waals surface area contributed by atoms with E-state index in [2.05, 4.69) is 181 Å². The summed E-state index contributed by atoms with van der Waals surface area (Å²) in [6, 6.07) is 64.1. The number of nitrogens with zero attached hydrogens (tertiary/aromatic N) is 1. The van der Waals surface area contributed by atoms with E-state index < -0.39 is 0 Å². The Morgan fingerprint density at radius 2 is 0.857 bits per heavy atom. The van der Waals surface area contributed by atoms with Crippen molar-refractivity contribution in [3.63, 3.8) is 0 Å². The average Bonchev–Trinajstić information content (AvgIpc) is 3.74. The molecule has 0 amide bonds. The summed E-state index contributed by atoms with van der Waals surface area (Å²) in [5.74, 6) is 0. The highest BCUT2D eigenvalue weighted by atomic mass is 32.1. The Labute approximate surface area is 292 Å². The average molecular weight is 660 g/mol. The molecular formula is C46H29NS2. The summed E-state index contributed by atoms with van der Waals surface area (Å²) in [5, 5.41) is 7.86. The van der Waals surface area contributed by atoms with Crippen LogP contribution in [-0.4, -0.2) is 0 Å². The van der Waals surface area contributed by atoms with E-state index in [4.69, 9.17) is 0 Å². The Balaban J connectivity index is 1.20. The van der Waals surface area contributed by atoms with E-state index in [-0.39, 0.29) is 0 Å². The molecule has 1 nitrogen and oxygen atoms in total. The number of thiophene rings is 2. The lowest BCUT2D eigenvalue weighted by Crippen LogP contribution is -2.09. The van der Waals surface area contributed by atoms with Crippen molar-refractivity contribution in [3.8, 4) is 22.3 Å². The van der Waals surface area contributed by atoms with Crippen LogP contribution in [0, 0.1) is 0 Å². The summed E-state index contributed by atoms with van der Waals surface area (Å²) in [6.45, 7) is 0. The van der Waals surface area contributed by atoms with Crippen molar-refractivity contribution in [2.45, 2.75) is 0 Å². The van der Waals surface area contributed by atoms with E-state index in [0.717, 1.165) is 17.1 Å². The molecule has 0 aliphatic rings. The van der Waals surface area contributed by atoms with Gasteiger partial charge in [-0.15, -0.1) is 22.7 Å². The van der Waals surface area contributed by atoms with Gasteiger partial charge in [0.05, 0.1) is 0 Å². The van der Waals surface area contributed by atoms with Gasteiger partial charge >= 0.3 is 0 Å². The van der Waals surface area contributed by atoms with Crippen LogP contribution in [-0.2, 0) is 0 Å². The summed E-state index contributed by atoms with van der Waals surface area (Å²) >= 11 is 3.82. The summed E-state index contributed by atoms with van der Waals surface area (Å²) in [7, 11) is 0. The van der Waals surface area contributed by atoms with E-state index >= 15 is 0 Å². The molecule has 0 N–H and O–H groups in total. The number of para-hydroxylation sites is 2. The molecule has 3 heteroatoms. The van der Waals surface area contributed by atoms with E-state index in [1.165, 1.54) is 73.4 Å². The summed E-state index contributed by atoms with van der Waals surface area (Å²) in [5.41, 5.74) is 8.60. The maximum absolute atomic E-state index is 2.46. The third-order valence-electron chi connectivity index (χ3n) is 9.65. The number of benzene rings is 8. The minimum Gasteiger partial charge on any atom is -0.310 e. The Morgan fingerprint density at radius 3 is 1.55 bits per heavy atom. The van der Waals surface area contributed by atoms with Crippen LogP contribution in [0.15, 0.2) is 176 Å². The maximum atomic E-state index is 2.46. The fourth-order valence-corrected chi connectivity index (χ4v) is 10.0. The number of rotatable bonds is 5. The molecule has 10 rings (SSSR count). The van der Waals surface area contributed by atoms with Gasteiger partial charge in [0.2, 0.25) is 0 Å². The lowest BCUT2D eigenvalue weighted by Gasteiger charge is -2.25. The topological polar surface area (TPSA) is 3.24 Å². The highest BCUT2D eigenvalue weighted by Gasteiger charge is 2.19. The summed E-state index contributed by atoms with van der Waals surface area (Å²) in [6.07, 6.45) is 0. The molecule has 49 heavy (non-hydrogen) atoms. The molecule has 0 fully saturated rings. The van der Waals surface area contributed by atoms with Gasteiger partial charge in [-0.3, -0.25) is 0 Å². The highest BCUT2D eigenvalue weighted by molar-refractivity contribution is 7.27. The van der Waals surface area contributed by atoms with Gasteiger partial charge < -0.3 is 4.90 Å². The molecule has 0 saturated carbocycles. The van der Waals surface area contributed by atoms with Gasteiger partial charge in [0.1, 0.15) is 0 Å². The van der Waals surface area contributed by atoms with Gasteiger partial charge in [0, 0.05) is 68.4 Å². The van der Waals surface area contributed by atoms with Crippen LogP contribution < -0.4 is 4.90 Å². The lowest BCUT2D eigenvalue weighted by molar-refractivity contribution is 1.29. The van der Waals surface area contributed by atoms with Gasteiger partial charge in [0.25, 0.3) is 0 Å². The van der Waals surface area contributed by atoms with Crippen LogP contribution in [0.3, 0.4) is 0 Å². The molecule has 0 unspecified atom stereocenters. The second-order valence-corrected chi connectivity index (χ2v) is 14.5. The fourth-order valence-electron chi connectivity index (χ4n) is 7.43. The first-order valence-electron chi connectivity index (χ1n) is 16.6. The van der Waals surface area contributed by atoms with Crippen molar-refractivity contribution in [3.05, 3.63) is 176 Å². The first-order chi connectivity index (χ1) is 24.3. The van der Waals surface area contributed by atoms with Crippen molar-refractivity contribution in [2.75, 3.05) is 4.90 Å². The second kappa shape index (κ2) is 11.5. The largest absolute Gasteiger partial charge is 0.310 e. The van der Waals surface area contributed by atoms with Crippen molar-refractivity contribution in [2.24, 2.45) is 0 Å². The normalized spacial score (nSPS) is 11.7. The van der Waals surface area contributed by atoms with Gasteiger partial charge in [-0.2, -0.15) is 0 Å². The fraction of sp³-hybridized carbons (Fsp3) is 0. The number of fused-ring (bicyclic) bond motifs is 8. The zero-order chi connectivity index (χ0) is 32.3. The first-order valence-corrected chi connectivity index (χ1v) is 18.2. The van der Waals surface area contributed by atoms with E-state index in [1.807, 2.05) is 22.7 Å². The maximum Gasteiger partial charge on any atom is 0.0476 e. The molecule has 2 aromatic heterocycles. The zero-order valence-electron chi connectivity index (χ0n) is 26.5. The van der Waals surface area contributed by atoms with Crippen molar-refractivity contribution >= 4 is 90.9 Å². The number of hydrogen-bond acceptors (Lipinski definition) is 3. The zero-order valence-corrected chi connectivity index (χ0v) is 28.1. The van der Waals surface area contributed by atoms with Crippen molar-refractivity contribution in [1.29, 1.82) is 0 Å². The van der Waals surface area contributed by atoms with Gasteiger partial charge in [-0.05, 0) is 64.5 Å². The van der Waals surface area contributed by atoms with Crippen LogP contribution in [0.1, 0.15) is 0 Å². The summed E-state index contributed by atoms with van der Waals surface area (Å²) in [4.78, 5) is 2.35. The Kier molecular flexibility index (Phi) is 6.61. The molecule has 2 heterocycles. The molecule has 0 bridgehead atoms. The molecule has 0 spiro atoms. The van der Waals surface area contributed by atoms with Gasteiger partial charge in [-0.1, -0.05) is 133 Å². The molecular weight excluding hydrogens is 631 g/mol. The van der Waals surface area contributed by atoms with Crippen LogP contribution in [0.4, 0.5) is 17.1 Å². The third-order valence-corrected chi connectivity index (χ3v) is 12.1. The third kappa shape index (κ3) is 4.58. The smallest absolute Gasteiger partial charge is 0.0476 e. The van der Waals surface area contributed by atoms with E-state index in [0.29, 0.717) is 0 Å². The minimum absolute atomic E-state index is 1.15. The van der Waals surface area contributed by atoms with E-state index in [9.17, 15) is 0 Å². The molecule has 0 saturated heterocycles. The van der Waals surface area contributed by atoms with Crippen LogP contribution in [0.2, 0.25) is 0 Å². The van der Waals surface area contributed by atoms with Crippen LogP contribution in [0.5, 0.6) is 0 Å². The van der Waals surface area contributed by atoms with Gasteiger partial charge in [0.15, 0.2) is 0 Å². The molecule has 10 aromatic rings. The summed E-state index contributed by atoms with van der Waals surface area (Å²) < 4.78 is 5.32. The Bertz CT molecular complexity index is 2770. The predicted octanol–water partition coefficient (Wildman–Crippen LogP) is 14.4. The van der Waals surface area contributed by atoms with Crippen molar-refractivity contribution < 1.29 is 0 Å². The second-order valence-electron chi connectivity index (χ2n) is 12.5. The molecule has 8 aromatic carbocycles. The Morgan fingerprint density at radius 1 is 0.306 bits per heavy atom. The molecule has 0 aliphatic carbocycles. The van der Waals surface area contributed by atoms with Crippen LogP contribution >= 0.6 is 22.7 Å². The molecule has 0 atom stereocenters. The van der Waals surface area contributed by atoms with E-state index in [1.54, 1.807) is 0 Å². The number of hydrogen-bond donors (Lipinski definition) is 0. The minimum atomic E-state index is 1.15. The monoisotopic (exact) mass is 659 g/mol. The predicted molar refractivity (Wildman–Crippen MR) is 215 cm³/mol. The molecule has 0 aliphatic heterocycles. The van der Waals surface area contributed by atoms with Gasteiger partial charge in [-0.25, -0.2) is 0 Å². The Hall–Kier alpha value is -5.74. The lowest BCUT2D eigenvalue weighted by atomic mass is 9.94. The molecule has 0 radical (unpaired) electrons. The quantitative estimate of drug-likeness (QED) is 0.178. The first kappa shape index (κ1) is 28.3. The molecule has 230 valence electrons. The number of anilines is 3. The standard InChI is InChI=1S/C46H29NS2/c1-4-14-30(15-5-1)34-22-12-23-38-39-24-13-25-40(45(39)49-44(34)38)41-29-42-36-27-26-33(28-43(36)48-46(42)37-21-11-10-20-35(37)41)47(31-16-6-2-7-17-31)32-18-8-3-9-19-32/h1-29H. The highest BCUT2D eigenvalue weighted by Crippen LogP contribution is 2.48. The van der Waals surface area contributed by atoms with Crippen LogP contribution in [0.25, 0.3) is 73.4 Å².